The van der Waals surface area contributed by atoms with Gasteiger partial charge in [0, 0.05) is 104 Å². The zero-order valence-electron chi connectivity index (χ0n) is 38.8. The minimum absolute atomic E-state index is 0.00864. The van der Waals surface area contributed by atoms with Gasteiger partial charge in [-0.2, -0.15) is 0 Å². The number of hydrogen-bond donors (Lipinski definition) is 2. The summed E-state index contributed by atoms with van der Waals surface area (Å²) in [5, 5.41) is 3.51. The SMILES string of the molecule is CCC1(C(=O)N2CC(CCl)c3c2cc(OC(=O)N(C)CCN(C)C(=O)OCC(C)SSc2ccccn2)c2ccccc32)CC(C)(C(=O)N2CC(CCl)c3c2cc(OP(=O)(O)O)c2ccccc32)C1. The molecule has 20 heteroatoms. The number of phosphoric acid groups is 1. The largest absolute Gasteiger partial charge is 0.524 e. The molecule has 1 fully saturated rings. The number of likely N-dealkylation sites (N-methyl/N-ethyl adjacent to an activating group) is 2. The lowest BCUT2D eigenvalue weighted by atomic mass is 9.51. The van der Waals surface area contributed by atoms with Gasteiger partial charge in [-0.3, -0.25) is 19.4 Å². The highest BCUT2D eigenvalue weighted by molar-refractivity contribution is 8.76. The monoisotopic (exact) mass is 1040 g/mol. The zero-order chi connectivity index (χ0) is 49.4. The van der Waals surface area contributed by atoms with Crippen LogP contribution in [0.5, 0.6) is 11.5 Å². The Morgan fingerprint density at radius 2 is 1.33 bits per heavy atom. The van der Waals surface area contributed by atoms with Gasteiger partial charge in [0.25, 0.3) is 0 Å². The van der Waals surface area contributed by atoms with Crippen molar-refractivity contribution in [3.05, 3.63) is 96.2 Å². The smallest absolute Gasteiger partial charge is 0.448 e. The number of amides is 4. The van der Waals surface area contributed by atoms with E-state index in [2.05, 4.69) is 4.98 Å². The molecule has 4 amide bonds. The molecule has 366 valence electrons. The quantitative estimate of drug-likeness (QED) is 0.0542. The number of nitrogens with zero attached hydrogens (tertiary/aromatic N) is 5. The Labute approximate surface area is 418 Å². The number of pyridine rings is 1. The van der Waals surface area contributed by atoms with Gasteiger partial charge in [-0.25, -0.2) is 19.1 Å². The lowest BCUT2D eigenvalue weighted by Gasteiger charge is -2.54. The van der Waals surface area contributed by atoms with E-state index in [1.165, 1.54) is 26.7 Å². The van der Waals surface area contributed by atoms with Crippen molar-refractivity contribution >= 4 is 110 Å². The average Bonchev–Trinajstić information content (AvgIpc) is 3.91. The van der Waals surface area contributed by atoms with E-state index >= 15 is 4.79 Å². The maximum absolute atomic E-state index is 15.1. The number of carbonyl (C=O) groups excluding carboxylic acids is 4. The van der Waals surface area contributed by atoms with Gasteiger partial charge < -0.3 is 33.6 Å². The summed E-state index contributed by atoms with van der Waals surface area (Å²) in [5.74, 6) is -0.231. The predicted molar refractivity (Wildman–Crippen MR) is 272 cm³/mol. The summed E-state index contributed by atoms with van der Waals surface area (Å²) in [6.07, 6.45) is 1.49. The molecule has 1 aromatic heterocycles. The minimum Gasteiger partial charge on any atom is -0.448 e. The highest BCUT2D eigenvalue weighted by atomic mass is 35.5. The third-order valence-corrected chi connectivity index (χ3v) is 17.3. The summed E-state index contributed by atoms with van der Waals surface area (Å²) in [4.78, 5) is 86.5. The second-order valence-electron chi connectivity index (χ2n) is 18.3. The molecule has 69 heavy (non-hydrogen) atoms. The summed E-state index contributed by atoms with van der Waals surface area (Å²) < 4.78 is 28.8. The number of phosphoric ester groups is 1. The van der Waals surface area contributed by atoms with Crippen molar-refractivity contribution in [1.82, 2.24) is 14.8 Å². The Bertz CT molecular complexity index is 2830. The first-order valence-electron chi connectivity index (χ1n) is 22.6. The molecule has 3 heterocycles. The topological polar surface area (TPSA) is 179 Å². The van der Waals surface area contributed by atoms with E-state index < -0.39 is 30.8 Å². The molecule has 4 aromatic carbocycles. The Hall–Kier alpha value is -4.74. The van der Waals surface area contributed by atoms with Crippen LogP contribution in [0.4, 0.5) is 21.0 Å². The van der Waals surface area contributed by atoms with Crippen molar-refractivity contribution in [1.29, 1.82) is 0 Å². The van der Waals surface area contributed by atoms with E-state index in [1.54, 1.807) is 59.1 Å². The van der Waals surface area contributed by atoms with Crippen LogP contribution >= 0.6 is 52.6 Å². The van der Waals surface area contributed by atoms with E-state index in [1.807, 2.05) is 75.4 Å². The van der Waals surface area contributed by atoms with Crippen LogP contribution in [-0.4, -0.2) is 112 Å². The molecule has 0 spiro atoms. The van der Waals surface area contributed by atoms with Crippen LogP contribution in [-0.2, 0) is 18.9 Å². The maximum Gasteiger partial charge on any atom is 0.524 e. The van der Waals surface area contributed by atoms with Gasteiger partial charge >= 0.3 is 20.0 Å². The molecule has 8 rings (SSSR count). The van der Waals surface area contributed by atoms with Gasteiger partial charge in [0.05, 0.1) is 16.8 Å². The average molecular weight is 1040 g/mol. The van der Waals surface area contributed by atoms with Gasteiger partial charge in [0.2, 0.25) is 11.8 Å². The van der Waals surface area contributed by atoms with Gasteiger partial charge in [0.1, 0.15) is 23.1 Å². The first-order valence-corrected chi connectivity index (χ1v) is 27.4. The summed E-state index contributed by atoms with van der Waals surface area (Å²) in [6, 6.07) is 23.5. The highest BCUT2D eigenvalue weighted by Crippen LogP contribution is 2.61. The van der Waals surface area contributed by atoms with Crippen LogP contribution in [0.3, 0.4) is 0 Å². The molecule has 1 aliphatic carbocycles. The van der Waals surface area contributed by atoms with Gasteiger partial charge in [0.15, 0.2) is 0 Å². The van der Waals surface area contributed by atoms with E-state index in [-0.39, 0.29) is 91.2 Å². The van der Waals surface area contributed by atoms with E-state index in [0.29, 0.717) is 40.5 Å². The Morgan fingerprint density at radius 3 is 1.87 bits per heavy atom. The standard InChI is InChI=1S/C49H54Cl2N5O10PS2/c1-6-49(28-48(3,29-49)44(57)55-25-31(23-50)43-36-16-10-8-14-34(36)40(22-38(43)55)66-67(61,62)63)45(58)56-26-32(24-51)42-35-15-9-7-13-33(35)39(21-37(42)56)65-47(60)54(5)20-19-53(4)46(59)64-27-30(2)68-69-41-17-11-12-18-52-41/h7-18,21-22,30-32H,6,19-20,23-29H2,1-5H3,(H2,61,62,63). The summed E-state index contributed by atoms with van der Waals surface area (Å²) in [7, 11) is 1.29. The molecule has 3 unspecified atom stereocenters. The van der Waals surface area contributed by atoms with Crippen LogP contribution in [0.25, 0.3) is 21.5 Å². The van der Waals surface area contributed by atoms with Crippen molar-refractivity contribution < 1.29 is 47.5 Å². The van der Waals surface area contributed by atoms with Crippen LogP contribution in [0, 0.1) is 10.8 Å². The highest BCUT2D eigenvalue weighted by Gasteiger charge is 2.62. The number of alkyl halides is 2. The maximum atomic E-state index is 15.1. The number of ether oxygens (including phenoxy) is 2. The Kier molecular flexibility index (Phi) is 15.1. The Morgan fingerprint density at radius 1 is 0.812 bits per heavy atom. The fourth-order valence-electron chi connectivity index (χ4n) is 10.0. The molecule has 0 bridgehead atoms. The predicted octanol–water partition coefficient (Wildman–Crippen LogP) is 10.4. The number of aromatic nitrogens is 1. The van der Waals surface area contributed by atoms with Crippen LogP contribution < -0.4 is 19.1 Å². The molecule has 3 atom stereocenters. The molecule has 1 saturated carbocycles. The van der Waals surface area contributed by atoms with Crippen molar-refractivity contribution in [2.75, 3.05) is 68.4 Å². The van der Waals surface area contributed by atoms with Gasteiger partial charge in [-0.1, -0.05) is 79.2 Å². The van der Waals surface area contributed by atoms with Crippen molar-refractivity contribution in [3.63, 3.8) is 0 Å². The Balaban J connectivity index is 0.970. The zero-order valence-corrected chi connectivity index (χ0v) is 42.8. The summed E-state index contributed by atoms with van der Waals surface area (Å²) in [5.41, 5.74) is 0.832. The molecule has 0 radical (unpaired) electrons. The second-order valence-corrected chi connectivity index (χ2v) is 22.8. The molecule has 15 nitrogen and oxygen atoms in total. The number of rotatable bonds is 16. The van der Waals surface area contributed by atoms with Crippen molar-refractivity contribution in [3.8, 4) is 11.5 Å². The fourth-order valence-corrected chi connectivity index (χ4v) is 12.8. The van der Waals surface area contributed by atoms with Crippen molar-refractivity contribution in [2.45, 2.75) is 62.1 Å². The van der Waals surface area contributed by atoms with E-state index in [9.17, 15) is 28.7 Å². The first kappa shape index (κ1) is 50.6. The number of halogens is 2. The minimum atomic E-state index is -4.96. The lowest BCUT2D eigenvalue weighted by Crippen LogP contribution is -2.60. The number of anilines is 2. The summed E-state index contributed by atoms with van der Waals surface area (Å²) in [6.45, 7) is 6.82. The van der Waals surface area contributed by atoms with Crippen molar-refractivity contribution in [2.24, 2.45) is 10.8 Å². The van der Waals surface area contributed by atoms with Crippen LogP contribution in [0.15, 0.2) is 90.1 Å². The molecule has 3 aliphatic rings. The molecular formula is C49H54Cl2N5O10PS2. The van der Waals surface area contributed by atoms with Crippen LogP contribution in [0.1, 0.15) is 63.0 Å². The molecule has 5 aromatic rings. The third-order valence-electron chi connectivity index (χ3n) is 13.4. The molecule has 2 aliphatic heterocycles. The number of carbonyl (C=O) groups is 4. The molecule has 2 N–H and O–H groups in total. The normalized spacial score (nSPS) is 21.1. The fraction of sp³-hybridized carbons (Fsp3) is 0.408. The van der Waals surface area contributed by atoms with E-state index in [0.717, 1.165) is 21.5 Å². The number of fused-ring (bicyclic) bond motifs is 6. The van der Waals surface area contributed by atoms with E-state index in [4.69, 9.17) is 37.2 Å². The lowest BCUT2D eigenvalue weighted by molar-refractivity contribution is -0.153. The summed E-state index contributed by atoms with van der Waals surface area (Å²) >= 11 is 13.2. The first-order chi connectivity index (χ1) is 32.9. The second kappa shape index (κ2) is 20.5. The van der Waals surface area contributed by atoms with Crippen LogP contribution in [0.2, 0.25) is 0 Å². The van der Waals surface area contributed by atoms with Gasteiger partial charge in [-0.05, 0) is 71.0 Å². The molecule has 0 saturated heterocycles. The van der Waals surface area contributed by atoms with Gasteiger partial charge in [-0.15, -0.1) is 23.2 Å². The number of benzene rings is 4. The molecular weight excluding hydrogens is 985 g/mol. The third kappa shape index (κ3) is 10.2. The number of hydrogen-bond acceptors (Lipinski definition) is 11.